The molecule has 16 heavy (non-hydrogen) atoms. The maximum absolute atomic E-state index is 5.99. The standard InChI is InChI=1S/C14H10ClN/c15-11-6-7-12-10(9-11)3-1-4-13(12)14-5-2-8-16-14/h1-9,16H. The number of benzene rings is 2. The molecule has 0 atom stereocenters. The van der Waals surface area contributed by atoms with Crippen LogP contribution < -0.4 is 0 Å². The Morgan fingerprint density at radius 2 is 1.88 bits per heavy atom. The van der Waals surface area contributed by atoms with Crippen molar-refractivity contribution in [1.82, 2.24) is 4.98 Å². The quantitative estimate of drug-likeness (QED) is 0.631. The van der Waals surface area contributed by atoms with Crippen LogP contribution in [-0.2, 0) is 0 Å². The van der Waals surface area contributed by atoms with E-state index < -0.39 is 0 Å². The summed E-state index contributed by atoms with van der Waals surface area (Å²) in [5, 5.41) is 3.16. The van der Waals surface area contributed by atoms with E-state index in [0.717, 1.165) is 10.7 Å². The predicted octanol–water partition coefficient (Wildman–Crippen LogP) is 4.49. The fourth-order valence-electron chi connectivity index (χ4n) is 1.99. The summed E-state index contributed by atoms with van der Waals surface area (Å²) in [7, 11) is 0. The molecule has 3 rings (SSSR count). The van der Waals surface area contributed by atoms with Gasteiger partial charge in [-0.05, 0) is 35.0 Å². The summed E-state index contributed by atoms with van der Waals surface area (Å²) in [6.07, 6.45) is 1.93. The molecule has 0 bridgehead atoms. The molecule has 2 aromatic carbocycles. The van der Waals surface area contributed by atoms with E-state index in [4.69, 9.17) is 11.6 Å². The Morgan fingerprint density at radius 1 is 0.938 bits per heavy atom. The van der Waals surface area contributed by atoms with Crippen molar-refractivity contribution in [2.24, 2.45) is 0 Å². The Morgan fingerprint density at radius 3 is 2.69 bits per heavy atom. The average Bonchev–Trinajstić information content (AvgIpc) is 2.81. The van der Waals surface area contributed by atoms with Crippen LogP contribution in [0.4, 0.5) is 0 Å². The second-order valence-corrected chi connectivity index (χ2v) is 4.19. The van der Waals surface area contributed by atoms with Gasteiger partial charge in [0, 0.05) is 22.5 Å². The molecule has 0 saturated heterocycles. The molecule has 0 fully saturated rings. The number of hydrogen-bond donors (Lipinski definition) is 1. The monoisotopic (exact) mass is 227 g/mol. The summed E-state index contributed by atoms with van der Waals surface area (Å²) < 4.78 is 0. The van der Waals surface area contributed by atoms with E-state index in [2.05, 4.69) is 35.3 Å². The maximum Gasteiger partial charge on any atom is 0.0460 e. The Balaban J connectivity index is 2.34. The van der Waals surface area contributed by atoms with Crippen LogP contribution in [0.2, 0.25) is 5.02 Å². The molecule has 0 aliphatic carbocycles. The number of halogens is 1. The van der Waals surface area contributed by atoms with E-state index in [-0.39, 0.29) is 0 Å². The number of H-pyrrole nitrogens is 1. The summed E-state index contributed by atoms with van der Waals surface area (Å²) in [6, 6.07) is 16.3. The molecule has 2 heteroatoms. The first-order valence-corrected chi connectivity index (χ1v) is 5.54. The van der Waals surface area contributed by atoms with E-state index in [1.54, 1.807) is 0 Å². The normalized spacial score (nSPS) is 10.8. The lowest BCUT2D eigenvalue weighted by Gasteiger charge is -2.05. The topological polar surface area (TPSA) is 15.8 Å². The van der Waals surface area contributed by atoms with Gasteiger partial charge in [0.05, 0.1) is 0 Å². The molecule has 0 spiro atoms. The van der Waals surface area contributed by atoms with E-state index in [1.807, 2.05) is 24.4 Å². The number of hydrogen-bond acceptors (Lipinski definition) is 0. The molecule has 0 unspecified atom stereocenters. The molecule has 3 aromatic rings. The number of rotatable bonds is 1. The molecule has 1 nitrogen and oxygen atoms in total. The first-order chi connectivity index (χ1) is 7.84. The van der Waals surface area contributed by atoms with E-state index in [9.17, 15) is 0 Å². The minimum atomic E-state index is 0.774. The molecule has 0 saturated carbocycles. The zero-order valence-corrected chi connectivity index (χ0v) is 9.33. The number of fused-ring (bicyclic) bond motifs is 1. The lowest BCUT2D eigenvalue weighted by Crippen LogP contribution is -1.80. The summed E-state index contributed by atoms with van der Waals surface area (Å²) >= 11 is 5.99. The first-order valence-electron chi connectivity index (χ1n) is 5.17. The largest absolute Gasteiger partial charge is 0.361 e. The van der Waals surface area contributed by atoms with Crippen LogP contribution in [0.3, 0.4) is 0 Å². The van der Waals surface area contributed by atoms with Gasteiger partial charge in [0.15, 0.2) is 0 Å². The number of nitrogens with one attached hydrogen (secondary N) is 1. The SMILES string of the molecule is Clc1ccc2c(-c3ccc[nH]3)cccc2c1. The van der Waals surface area contributed by atoms with Crippen molar-refractivity contribution < 1.29 is 0 Å². The van der Waals surface area contributed by atoms with Crippen molar-refractivity contribution in [3.8, 4) is 11.3 Å². The summed E-state index contributed by atoms with van der Waals surface area (Å²) in [5.74, 6) is 0. The van der Waals surface area contributed by atoms with Crippen LogP contribution >= 0.6 is 11.6 Å². The summed E-state index contributed by atoms with van der Waals surface area (Å²) in [6.45, 7) is 0. The Hall–Kier alpha value is -1.73. The number of aromatic amines is 1. The highest BCUT2D eigenvalue weighted by Gasteiger charge is 2.03. The van der Waals surface area contributed by atoms with Crippen LogP contribution in [0.5, 0.6) is 0 Å². The van der Waals surface area contributed by atoms with Gasteiger partial charge >= 0.3 is 0 Å². The third kappa shape index (κ3) is 1.50. The van der Waals surface area contributed by atoms with Gasteiger partial charge in [0.25, 0.3) is 0 Å². The van der Waals surface area contributed by atoms with Crippen LogP contribution in [-0.4, -0.2) is 4.98 Å². The molecule has 0 aliphatic rings. The third-order valence-electron chi connectivity index (χ3n) is 2.73. The molecule has 78 valence electrons. The van der Waals surface area contributed by atoms with E-state index >= 15 is 0 Å². The molecule has 0 radical (unpaired) electrons. The first kappa shape index (κ1) is 9.49. The van der Waals surface area contributed by atoms with Crippen molar-refractivity contribution in [3.05, 3.63) is 59.8 Å². The van der Waals surface area contributed by atoms with Crippen LogP contribution in [0.15, 0.2) is 54.7 Å². The third-order valence-corrected chi connectivity index (χ3v) is 2.97. The van der Waals surface area contributed by atoms with Crippen molar-refractivity contribution in [1.29, 1.82) is 0 Å². The minimum Gasteiger partial charge on any atom is -0.361 e. The zero-order chi connectivity index (χ0) is 11.0. The van der Waals surface area contributed by atoms with Gasteiger partial charge in [-0.15, -0.1) is 0 Å². The molecule has 1 N–H and O–H groups in total. The molecule has 1 heterocycles. The van der Waals surface area contributed by atoms with Gasteiger partial charge in [0.1, 0.15) is 0 Å². The van der Waals surface area contributed by atoms with E-state index in [0.29, 0.717) is 0 Å². The van der Waals surface area contributed by atoms with Gasteiger partial charge in [-0.2, -0.15) is 0 Å². The van der Waals surface area contributed by atoms with Crippen LogP contribution in [0.25, 0.3) is 22.0 Å². The second-order valence-electron chi connectivity index (χ2n) is 3.75. The lowest BCUT2D eigenvalue weighted by atomic mass is 10.0. The van der Waals surface area contributed by atoms with Gasteiger partial charge in [-0.1, -0.05) is 35.9 Å². The van der Waals surface area contributed by atoms with Crippen LogP contribution in [0.1, 0.15) is 0 Å². The minimum absolute atomic E-state index is 0.774. The fraction of sp³-hybridized carbons (Fsp3) is 0. The fourth-order valence-corrected chi connectivity index (χ4v) is 2.17. The summed E-state index contributed by atoms with van der Waals surface area (Å²) in [5.41, 5.74) is 2.34. The Labute approximate surface area is 98.7 Å². The molecule has 0 amide bonds. The molecule has 0 aliphatic heterocycles. The van der Waals surface area contributed by atoms with Crippen molar-refractivity contribution in [3.63, 3.8) is 0 Å². The Kier molecular flexibility index (Phi) is 2.19. The molecular weight excluding hydrogens is 218 g/mol. The highest BCUT2D eigenvalue weighted by molar-refractivity contribution is 6.31. The van der Waals surface area contributed by atoms with Crippen molar-refractivity contribution in [2.45, 2.75) is 0 Å². The average molecular weight is 228 g/mol. The van der Waals surface area contributed by atoms with Gasteiger partial charge < -0.3 is 4.98 Å². The van der Waals surface area contributed by atoms with Crippen molar-refractivity contribution in [2.75, 3.05) is 0 Å². The smallest absolute Gasteiger partial charge is 0.0460 e. The van der Waals surface area contributed by atoms with Crippen LogP contribution in [0, 0.1) is 0 Å². The predicted molar refractivity (Wildman–Crippen MR) is 68.7 cm³/mol. The van der Waals surface area contributed by atoms with Crippen molar-refractivity contribution >= 4 is 22.4 Å². The van der Waals surface area contributed by atoms with Gasteiger partial charge in [0.2, 0.25) is 0 Å². The highest BCUT2D eigenvalue weighted by atomic mass is 35.5. The Bertz CT molecular complexity index is 626. The zero-order valence-electron chi connectivity index (χ0n) is 8.57. The number of aromatic nitrogens is 1. The lowest BCUT2D eigenvalue weighted by molar-refractivity contribution is 1.41. The summed E-state index contributed by atoms with van der Waals surface area (Å²) in [4.78, 5) is 3.23. The molecule has 1 aromatic heterocycles. The molecular formula is C14H10ClN. The van der Waals surface area contributed by atoms with Gasteiger partial charge in [-0.25, -0.2) is 0 Å². The van der Waals surface area contributed by atoms with Gasteiger partial charge in [-0.3, -0.25) is 0 Å². The second kappa shape index (κ2) is 3.69. The van der Waals surface area contributed by atoms with E-state index in [1.165, 1.54) is 16.3 Å². The maximum atomic E-state index is 5.99. The highest BCUT2D eigenvalue weighted by Crippen LogP contribution is 2.29.